The Morgan fingerprint density at radius 1 is 1.06 bits per heavy atom. The predicted molar refractivity (Wildman–Crippen MR) is 126 cm³/mol. The van der Waals surface area contributed by atoms with Gasteiger partial charge in [0.1, 0.15) is 5.65 Å². The first kappa shape index (κ1) is 19.3. The molecule has 1 aliphatic carbocycles. The largest absolute Gasteiger partial charge is 0.368 e. The minimum atomic E-state index is -0.0255. The standard InChI is InChI=1S/C26H27N5O/c1-18-15-30-16-21(13-24(19-5-6-19)26(30)28-18)20-3-2-4-22-7-8-23(17-31(22)25(32)14-20)29-11-9-27-10-12-29/h2-4,7-8,13-17,19,27H,5-6,9-12H2,1H3/b3-2+,20-14+,22-4+. The Bertz CT molecular complexity index is 1250. The van der Waals surface area contributed by atoms with Crippen LogP contribution in [0.25, 0.3) is 11.2 Å². The Kier molecular flexibility index (Phi) is 4.61. The number of nitrogens with one attached hydrogen (secondary N) is 1. The number of aromatic nitrogens is 2. The van der Waals surface area contributed by atoms with Crippen LogP contribution < -0.4 is 5.32 Å². The molecule has 1 saturated heterocycles. The summed E-state index contributed by atoms with van der Waals surface area (Å²) in [6.45, 7) is 5.86. The molecule has 6 rings (SSSR count). The summed E-state index contributed by atoms with van der Waals surface area (Å²) in [7, 11) is 0. The maximum atomic E-state index is 13.4. The van der Waals surface area contributed by atoms with Crippen molar-refractivity contribution in [2.24, 2.45) is 0 Å². The highest BCUT2D eigenvalue weighted by Gasteiger charge is 2.28. The number of fused-ring (bicyclic) bond motifs is 2. The average molecular weight is 426 g/mol. The van der Waals surface area contributed by atoms with Crippen molar-refractivity contribution in [3.05, 3.63) is 89.3 Å². The number of hydrogen-bond acceptors (Lipinski definition) is 4. The molecule has 6 nitrogen and oxygen atoms in total. The van der Waals surface area contributed by atoms with Gasteiger partial charge in [0.25, 0.3) is 5.91 Å². The molecular formula is C26H27N5O. The van der Waals surface area contributed by atoms with E-state index in [1.807, 2.05) is 37.4 Å². The minimum absolute atomic E-state index is 0.0255. The predicted octanol–water partition coefficient (Wildman–Crippen LogP) is 3.50. The minimum Gasteiger partial charge on any atom is -0.368 e. The third-order valence-corrected chi connectivity index (χ3v) is 6.56. The van der Waals surface area contributed by atoms with E-state index in [-0.39, 0.29) is 5.91 Å². The highest BCUT2D eigenvalue weighted by Crippen LogP contribution is 2.42. The van der Waals surface area contributed by atoms with Crippen molar-refractivity contribution in [1.29, 1.82) is 0 Å². The first-order chi connectivity index (χ1) is 15.7. The van der Waals surface area contributed by atoms with E-state index in [1.165, 1.54) is 18.4 Å². The van der Waals surface area contributed by atoms with Crippen LogP contribution in [0, 0.1) is 6.92 Å². The van der Waals surface area contributed by atoms with Gasteiger partial charge in [-0.2, -0.15) is 0 Å². The van der Waals surface area contributed by atoms with E-state index in [2.05, 4.69) is 39.2 Å². The number of rotatable bonds is 3. The molecule has 2 aromatic rings. The second-order valence-corrected chi connectivity index (χ2v) is 8.95. The van der Waals surface area contributed by atoms with Gasteiger partial charge >= 0.3 is 0 Å². The number of carbonyl (C=O) groups excluding carboxylic acids is 1. The molecule has 32 heavy (non-hydrogen) atoms. The topological polar surface area (TPSA) is 52.9 Å². The quantitative estimate of drug-likeness (QED) is 0.818. The van der Waals surface area contributed by atoms with Crippen molar-refractivity contribution in [2.75, 3.05) is 26.2 Å². The zero-order chi connectivity index (χ0) is 21.7. The van der Waals surface area contributed by atoms with Crippen LogP contribution in [-0.2, 0) is 4.79 Å². The van der Waals surface area contributed by atoms with E-state index in [1.54, 1.807) is 11.0 Å². The van der Waals surface area contributed by atoms with E-state index >= 15 is 0 Å². The fourth-order valence-electron chi connectivity index (χ4n) is 4.72. The monoisotopic (exact) mass is 425 g/mol. The zero-order valence-electron chi connectivity index (χ0n) is 18.3. The first-order valence-corrected chi connectivity index (χ1v) is 11.4. The molecule has 2 aromatic heterocycles. The Morgan fingerprint density at radius 3 is 2.69 bits per heavy atom. The van der Waals surface area contributed by atoms with Crippen molar-refractivity contribution in [3.63, 3.8) is 0 Å². The van der Waals surface area contributed by atoms with Crippen molar-refractivity contribution in [2.45, 2.75) is 25.7 Å². The molecule has 6 heteroatoms. The van der Waals surface area contributed by atoms with Gasteiger partial charge in [0.15, 0.2) is 0 Å². The van der Waals surface area contributed by atoms with Crippen LogP contribution in [0.5, 0.6) is 0 Å². The Labute approximate surface area is 187 Å². The summed E-state index contributed by atoms with van der Waals surface area (Å²) in [4.78, 5) is 22.2. The van der Waals surface area contributed by atoms with Gasteiger partial charge < -0.3 is 14.6 Å². The highest BCUT2D eigenvalue weighted by atomic mass is 16.2. The first-order valence-electron chi connectivity index (χ1n) is 11.4. The van der Waals surface area contributed by atoms with Crippen molar-refractivity contribution in [1.82, 2.24) is 24.5 Å². The molecule has 1 saturated carbocycles. The van der Waals surface area contributed by atoms with Crippen LogP contribution in [0.4, 0.5) is 0 Å². The van der Waals surface area contributed by atoms with E-state index in [0.29, 0.717) is 5.92 Å². The lowest BCUT2D eigenvalue weighted by Gasteiger charge is -2.33. The number of carbonyl (C=O) groups is 1. The molecule has 1 amide bonds. The van der Waals surface area contributed by atoms with Crippen LogP contribution in [0.3, 0.4) is 0 Å². The summed E-state index contributed by atoms with van der Waals surface area (Å²) in [6.07, 6.45) is 20.5. The van der Waals surface area contributed by atoms with Gasteiger partial charge in [-0.15, -0.1) is 0 Å². The van der Waals surface area contributed by atoms with E-state index < -0.39 is 0 Å². The van der Waals surface area contributed by atoms with Crippen LogP contribution in [0.15, 0.2) is 72.5 Å². The second-order valence-electron chi connectivity index (χ2n) is 8.95. The zero-order valence-corrected chi connectivity index (χ0v) is 18.3. The Hall–Kier alpha value is -3.38. The lowest BCUT2D eigenvalue weighted by atomic mass is 10.0. The second kappa shape index (κ2) is 7.64. The number of piperazine rings is 1. The van der Waals surface area contributed by atoms with Gasteiger partial charge in [-0.3, -0.25) is 9.69 Å². The molecule has 0 spiro atoms. The molecule has 2 fully saturated rings. The smallest absolute Gasteiger partial charge is 0.255 e. The summed E-state index contributed by atoms with van der Waals surface area (Å²) in [5.74, 6) is 0.554. The number of amides is 1. The third-order valence-electron chi connectivity index (χ3n) is 6.56. The van der Waals surface area contributed by atoms with Gasteiger partial charge in [-0.1, -0.05) is 12.2 Å². The number of hydrogen-bond donors (Lipinski definition) is 1. The number of allylic oxidation sites excluding steroid dienone is 6. The molecule has 0 atom stereocenters. The molecule has 0 unspecified atom stereocenters. The maximum Gasteiger partial charge on any atom is 0.255 e. The molecular weight excluding hydrogens is 398 g/mol. The van der Waals surface area contributed by atoms with E-state index in [9.17, 15) is 4.79 Å². The van der Waals surface area contributed by atoms with Crippen LogP contribution >= 0.6 is 0 Å². The van der Waals surface area contributed by atoms with Crippen LogP contribution in [-0.4, -0.2) is 51.3 Å². The summed E-state index contributed by atoms with van der Waals surface area (Å²) < 4.78 is 2.11. The number of aryl methyl sites for hydroxylation is 1. The van der Waals surface area contributed by atoms with Gasteiger partial charge in [-0.25, -0.2) is 4.98 Å². The molecule has 0 aromatic carbocycles. The van der Waals surface area contributed by atoms with Gasteiger partial charge in [0.05, 0.1) is 11.4 Å². The molecule has 3 aliphatic heterocycles. The molecule has 162 valence electrons. The van der Waals surface area contributed by atoms with Crippen LogP contribution in [0.1, 0.15) is 35.6 Å². The van der Waals surface area contributed by atoms with E-state index in [0.717, 1.165) is 60.1 Å². The molecule has 4 aliphatic rings. The summed E-state index contributed by atoms with van der Waals surface area (Å²) in [5, 5.41) is 3.38. The van der Waals surface area contributed by atoms with Gasteiger partial charge in [-0.05, 0) is 66.7 Å². The highest BCUT2D eigenvalue weighted by molar-refractivity contribution is 6.00. The lowest BCUT2D eigenvalue weighted by Crippen LogP contribution is -2.43. The van der Waals surface area contributed by atoms with Crippen LogP contribution in [0.2, 0.25) is 0 Å². The SMILES string of the molecule is Cc1cn2cc(C3=C\C(=O)N4C=C(N5CCNCC5)C=C\C4=C/C=C/3)cc(C3CC3)c2n1. The number of imidazole rings is 1. The number of pyridine rings is 1. The molecule has 0 bridgehead atoms. The van der Waals surface area contributed by atoms with Gasteiger partial charge in [0, 0.05) is 56.5 Å². The van der Waals surface area contributed by atoms with Crippen molar-refractivity contribution >= 4 is 17.1 Å². The maximum absolute atomic E-state index is 13.4. The molecule has 5 heterocycles. The summed E-state index contributed by atoms with van der Waals surface area (Å²) in [5.41, 5.74) is 7.30. The molecule has 1 N–H and O–H groups in total. The fourth-order valence-corrected chi connectivity index (χ4v) is 4.72. The summed E-state index contributed by atoms with van der Waals surface area (Å²) >= 11 is 0. The van der Waals surface area contributed by atoms with Crippen molar-refractivity contribution in [3.8, 4) is 0 Å². The Balaban J connectivity index is 1.38. The molecule has 0 radical (unpaired) electrons. The van der Waals surface area contributed by atoms with Crippen molar-refractivity contribution < 1.29 is 4.79 Å². The third kappa shape index (κ3) is 3.50. The Morgan fingerprint density at radius 2 is 1.88 bits per heavy atom. The van der Waals surface area contributed by atoms with E-state index in [4.69, 9.17) is 4.98 Å². The fraction of sp³-hybridized carbons (Fsp3) is 0.308. The normalized spacial score (nSPS) is 25.4. The van der Waals surface area contributed by atoms with Gasteiger partial charge in [0.2, 0.25) is 0 Å². The lowest BCUT2D eigenvalue weighted by molar-refractivity contribution is -0.122. The summed E-state index contributed by atoms with van der Waals surface area (Å²) in [6, 6.07) is 2.23. The average Bonchev–Trinajstić information content (AvgIpc) is 3.57. The number of nitrogens with zero attached hydrogens (tertiary/aromatic N) is 4.